The number of thioether (sulfide) groups is 1. The van der Waals surface area contributed by atoms with E-state index in [1.165, 1.54) is 69.5 Å². The third-order valence-corrected chi connectivity index (χ3v) is 8.19. The number of hydrogen-bond donors (Lipinski definition) is 1. The normalized spacial score (nSPS) is 31.2. The summed E-state index contributed by atoms with van der Waals surface area (Å²) in [6.07, 6.45) is 9.30. The highest BCUT2D eigenvalue weighted by Crippen LogP contribution is 2.39. The molecule has 28 heavy (non-hydrogen) atoms. The average molecular weight is 523 g/mol. The first-order valence-corrected chi connectivity index (χ1v) is 12.3. The van der Waals surface area contributed by atoms with E-state index in [9.17, 15) is 0 Å². The number of halogens is 1. The Morgan fingerprint density at radius 2 is 1.86 bits per heavy atom. The van der Waals surface area contributed by atoms with Crippen LogP contribution in [-0.2, 0) is 4.74 Å². The van der Waals surface area contributed by atoms with Crippen molar-refractivity contribution in [2.45, 2.75) is 57.4 Å². The molecule has 0 amide bonds. The molecule has 0 aromatic rings. The standard InChI is InChI=1S/C21H38N4OS.HI/c1-2-22-19(24-10-8-20(17-24)9-13-26-18-20)23-16-21(6-4-3-5-7-21)25-11-14-27-15-12-25;/h2-18H2,1H3,(H,22,23);1H. The Balaban J connectivity index is 0.00000225. The monoisotopic (exact) mass is 522 g/mol. The van der Waals surface area contributed by atoms with Gasteiger partial charge in [0.2, 0.25) is 0 Å². The van der Waals surface area contributed by atoms with E-state index in [1.54, 1.807) is 0 Å². The first-order valence-electron chi connectivity index (χ1n) is 11.2. The molecule has 3 aliphatic heterocycles. The fourth-order valence-corrected chi connectivity index (χ4v) is 6.46. The van der Waals surface area contributed by atoms with Crippen molar-refractivity contribution in [1.29, 1.82) is 0 Å². The van der Waals surface area contributed by atoms with Crippen molar-refractivity contribution in [3.05, 3.63) is 0 Å². The molecule has 4 rings (SSSR count). The molecule has 7 heteroatoms. The van der Waals surface area contributed by atoms with E-state index in [4.69, 9.17) is 9.73 Å². The van der Waals surface area contributed by atoms with Gasteiger partial charge in [0.1, 0.15) is 0 Å². The van der Waals surface area contributed by atoms with Crippen LogP contribution in [0.15, 0.2) is 4.99 Å². The van der Waals surface area contributed by atoms with Gasteiger partial charge in [-0.05, 0) is 32.6 Å². The lowest BCUT2D eigenvalue weighted by atomic mass is 9.80. The molecule has 5 nitrogen and oxygen atoms in total. The number of rotatable bonds is 4. The number of nitrogens with one attached hydrogen (secondary N) is 1. The Morgan fingerprint density at radius 3 is 2.54 bits per heavy atom. The first kappa shape index (κ1) is 22.9. The van der Waals surface area contributed by atoms with E-state index < -0.39 is 0 Å². The van der Waals surface area contributed by atoms with E-state index in [-0.39, 0.29) is 24.0 Å². The molecule has 1 N–H and O–H groups in total. The van der Waals surface area contributed by atoms with Crippen LogP contribution in [0.3, 0.4) is 0 Å². The smallest absolute Gasteiger partial charge is 0.194 e. The minimum Gasteiger partial charge on any atom is -0.381 e. The minimum absolute atomic E-state index is 0. The summed E-state index contributed by atoms with van der Waals surface area (Å²) in [4.78, 5) is 10.6. The summed E-state index contributed by atoms with van der Waals surface area (Å²) in [5.74, 6) is 3.73. The van der Waals surface area contributed by atoms with E-state index >= 15 is 0 Å². The van der Waals surface area contributed by atoms with Gasteiger partial charge < -0.3 is 15.0 Å². The second-order valence-electron chi connectivity index (χ2n) is 9.03. The molecule has 4 fully saturated rings. The van der Waals surface area contributed by atoms with Crippen LogP contribution in [0.1, 0.15) is 51.9 Å². The van der Waals surface area contributed by atoms with E-state index in [1.807, 2.05) is 0 Å². The molecule has 1 unspecified atom stereocenters. The van der Waals surface area contributed by atoms with Crippen LogP contribution in [0.2, 0.25) is 0 Å². The van der Waals surface area contributed by atoms with Crippen molar-refractivity contribution in [2.75, 3.05) is 64.0 Å². The maximum absolute atomic E-state index is 5.73. The predicted molar refractivity (Wildman–Crippen MR) is 130 cm³/mol. The quantitative estimate of drug-likeness (QED) is 0.348. The average Bonchev–Trinajstić information content (AvgIpc) is 3.36. The summed E-state index contributed by atoms with van der Waals surface area (Å²) in [6.45, 7) is 10.7. The topological polar surface area (TPSA) is 40.1 Å². The number of nitrogens with zero attached hydrogens (tertiary/aromatic N) is 3. The van der Waals surface area contributed by atoms with Crippen molar-refractivity contribution in [1.82, 2.24) is 15.1 Å². The number of likely N-dealkylation sites (tertiary alicyclic amines) is 1. The Labute approximate surface area is 192 Å². The summed E-state index contributed by atoms with van der Waals surface area (Å²) >= 11 is 2.12. The summed E-state index contributed by atoms with van der Waals surface area (Å²) in [6, 6.07) is 0. The molecule has 1 saturated carbocycles. The zero-order chi connectivity index (χ0) is 18.6. The van der Waals surface area contributed by atoms with Gasteiger partial charge in [-0.3, -0.25) is 9.89 Å². The molecule has 3 saturated heterocycles. The summed E-state index contributed by atoms with van der Waals surface area (Å²) in [5, 5.41) is 3.60. The lowest BCUT2D eigenvalue weighted by Crippen LogP contribution is -2.55. The highest BCUT2D eigenvalue weighted by Gasteiger charge is 2.43. The summed E-state index contributed by atoms with van der Waals surface area (Å²) in [5.41, 5.74) is 0.705. The molecule has 0 radical (unpaired) electrons. The second kappa shape index (κ2) is 10.5. The van der Waals surface area contributed by atoms with Gasteiger partial charge in [-0.2, -0.15) is 11.8 Å². The molecule has 0 aromatic carbocycles. The number of aliphatic imine (C=N–C) groups is 1. The van der Waals surface area contributed by atoms with Gasteiger partial charge in [-0.1, -0.05) is 19.3 Å². The Morgan fingerprint density at radius 1 is 1.07 bits per heavy atom. The number of guanidine groups is 1. The molecular weight excluding hydrogens is 483 g/mol. The third-order valence-electron chi connectivity index (χ3n) is 7.25. The molecule has 0 aromatic heterocycles. The third kappa shape index (κ3) is 5.11. The van der Waals surface area contributed by atoms with Gasteiger partial charge in [0.05, 0.1) is 13.2 Å². The van der Waals surface area contributed by atoms with Gasteiger partial charge in [-0.25, -0.2) is 0 Å². The molecule has 0 bridgehead atoms. The van der Waals surface area contributed by atoms with Gasteiger partial charge in [0.25, 0.3) is 0 Å². The zero-order valence-corrected chi connectivity index (χ0v) is 20.7. The van der Waals surface area contributed by atoms with Crippen LogP contribution >= 0.6 is 35.7 Å². The van der Waals surface area contributed by atoms with Crippen LogP contribution in [0.25, 0.3) is 0 Å². The lowest BCUT2D eigenvalue weighted by molar-refractivity contribution is 0.0669. The van der Waals surface area contributed by atoms with Crippen LogP contribution in [0.4, 0.5) is 0 Å². The van der Waals surface area contributed by atoms with E-state index in [2.05, 4.69) is 33.8 Å². The molecule has 3 heterocycles. The van der Waals surface area contributed by atoms with Crippen LogP contribution in [0, 0.1) is 5.41 Å². The van der Waals surface area contributed by atoms with Crippen molar-refractivity contribution in [3.8, 4) is 0 Å². The van der Waals surface area contributed by atoms with E-state index in [0.29, 0.717) is 11.0 Å². The first-order chi connectivity index (χ1) is 13.3. The molecule has 1 aliphatic carbocycles. The summed E-state index contributed by atoms with van der Waals surface area (Å²) < 4.78 is 5.73. The van der Waals surface area contributed by atoms with Gasteiger partial charge in [0, 0.05) is 61.8 Å². The fourth-order valence-electron chi connectivity index (χ4n) is 5.56. The highest BCUT2D eigenvalue weighted by molar-refractivity contribution is 14.0. The van der Waals surface area contributed by atoms with Crippen LogP contribution < -0.4 is 5.32 Å². The predicted octanol–water partition coefficient (Wildman–Crippen LogP) is 3.43. The molecule has 4 aliphatic rings. The van der Waals surface area contributed by atoms with Crippen molar-refractivity contribution < 1.29 is 4.74 Å². The molecular formula is C21H39IN4OS. The Kier molecular flexibility index (Phi) is 8.63. The molecule has 1 spiro atoms. The second-order valence-corrected chi connectivity index (χ2v) is 10.3. The zero-order valence-electron chi connectivity index (χ0n) is 17.6. The SMILES string of the molecule is CCNC(=NCC1(N2CCSCC2)CCCCC1)N1CCC2(CCOC2)C1.I. The minimum atomic E-state index is 0. The maximum Gasteiger partial charge on any atom is 0.194 e. The lowest BCUT2D eigenvalue weighted by Gasteiger charge is -2.47. The number of ether oxygens (including phenoxy) is 1. The van der Waals surface area contributed by atoms with Gasteiger partial charge in [-0.15, -0.1) is 24.0 Å². The highest BCUT2D eigenvalue weighted by atomic mass is 127. The van der Waals surface area contributed by atoms with Gasteiger partial charge >= 0.3 is 0 Å². The van der Waals surface area contributed by atoms with Crippen LogP contribution in [-0.4, -0.2) is 85.3 Å². The Bertz CT molecular complexity index is 515. The van der Waals surface area contributed by atoms with Crippen molar-refractivity contribution >= 4 is 41.7 Å². The molecule has 162 valence electrons. The largest absolute Gasteiger partial charge is 0.381 e. The Hall–Kier alpha value is 0.270. The number of hydrogen-bond acceptors (Lipinski definition) is 4. The maximum atomic E-state index is 5.73. The summed E-state index contributed by atoms with van der Waals surface area (Å²) in [7, 11) is 0. The van der Waals surface area contributed by atoms with Crippen molar-refractivity contribution in [3.63, 3.8) is 0 Å². The van der Waals surface area contributed by atoms with Crippen LogP contribution in [0.5, 0.6) is 0 Å². The molecule has 1 atom stereocenters. The van der Waals surface area contributed by atoms with E-state index in [0.717, 1.165) is 45.4 Å². The van der Waals surface area contributed by atoms with Gasteiger partial charge in [0.15, 0.2) is 5.96 Å². The van der Waals surface area contributed by atoms with Crippen molar-refractivity contribution in [2.24, 2.45) is 10.4 Å². The fraction of sp³-hybridized carbons (Fsp3) is 0.952.